The molecule has 0 saturated carbocycles. The molecule has 106 valence electrons. The lowest BCUT2D eigenvalue weighted by Crippen LogP contribution is -2.53. The molecule has 0 bridgehead atoms. The maximum Gasteiger partial charge on any atom is 0.309 e. The largest absolute Gasteiger partial charge is 0.469 e. The third-order valence-corrected chi connectivity index (χ3v) is 6.10. The van der Waals surface area contributed by atoms with E-state index >= 15 is 0 Å². The lowest BCUT2D eigenvalue weighted by Gasteiger charge is -2.39. The molecular formula is C11H21NO4S2. The molecule has 0 radical (unpaired) electrons. The molecule has 1 heterocycles. The van der Waals surface area contributed by atoms with Crippen molar-refractivity contribution in [3.63, 3.8) is 0 Å². The van der Waals surface area contributed by atoms with E-state index in [9.17, 15) is 13.2 Å². The fraction of sp³-hybridized carbons (Fsp3) is 0.909. The summed E-state index contributed by atoms with van der Waals surface area (Å²) >= 11 is 1.64. The zero-order valence-corrected chi connectivity index (χ0v) is 12.9. The molecule has 3 unspecified atom stereocenters. The topological polar surface area (TPSA) is 63.7 Å². The summed E-state index contributed by atoms with van der Waals surface area (Å²) in [6.45, 7) is 4.35. The third kappa shape index (κ3) is 3.61. The molecule has 0 amide bonds. The summed E-state index contributed by atoms with van der Waals surface area (Å²) in [5.41, 5.74) is 0. The van der Waals surface area contributed by atoms with E-state index in [2.05, 4.69) is 0 Å². The smallest absolute Gasteiger partial charge is 0.309 e. The Morgan fingerprint density at radius 1 is 1.44 bits per heavy atom. The van der Waals surface area contributed by atoms with Gasteiger partial charge in [0.15, 0.2) is 9.84 Å². The van der Waals surface area contributed by atoms with Crippen LogP contribution in [0.25, 0.3) is 0 Å². The second kappa shape index (κ2) is 6.25. The van der Waals surface area contributed by atoms with Gasteiger partial charge in [-0.25, -0.2) is 8.42 Å². The van der Waals surface area contributed by atoms with Crippen molar-refractivity contribution in [3.05, 3.63) is 0 Å². The van der Waals surface area contributed by atoms with Crippen molar-refractivity contribution in [2.24, 2.45) is 5.92 Å². The van der Waals surface area contributed by atoms with E-state index in [1.165, 1.54) is 13.4 Å². The van der Waals surface area contributed by atoms with E-state index in [0.29, 0.717) is 12.3 Å². The molecule has 0 N–H and O–H groups in total. The molecule has 7 heteroatoms. The molecule has 1 aliphatic heterocycles. The average Bonchev–Trinajstić information content (AvgIpc) is 2.35. The van der Waals surface area contributed by atoms with E-state index in [1.807, 2.05) is 11.8 Å². The van der Waals surface area contributed by atoms with E-state index < -0.39 is 15.2 Å². The monoisotopic (exact) mass is 295 g/mol. The van der Waals surface area contributed by atoms with Crippen LogP contribution < -0.4 is 0 Å². The highest BCUT2D eigenvalue weighted by atomic mass is 32.2. The van der Waals surface area contributed by atoms with Crippen LogP contribution in [0.4, 0.5) is 0 Å². The first kappa shape index (κ1) is 15.8. The number of ether oxygens (including phenoxy) is 1. The molecule has 1 saturated heterocycles. The molecule has 0 spiro atoms. The van der Waals surface area contributed by atoms with Gasteiger partial charge in [-0.15, -0.1) is 0 Å². The summed E-state index contributed by atoms with van der Waals surface area (Å²) in [4.78, 5) is 13.5. The number of hydrogen-bond donors (Lipinski definition) is 0. The number of esters is 1. The standard InChI is InChI=1S/C11H21NO4S2/c1-8(11(13)16-3)9(2)12-5-6-17-7-10(12)18(4,14)15/h8-10H,5-7H2,1-4H3. The van der Waals surface area contributed by atoms with Crippen LogP contribution in [-0.4, -0.2) is 62.1 Å². The lowest BCUT2D eigenvalue weighted by atomic mass is 10.0. The van der Waals surface area contributed by atoms with Crippen LogP contribution in [-0.2, 0) is 19.4 Å². The van der Waals surface area contributed by atoms with Gasteiger partial charge in [0.25, 0.3) is 0 Å². The van der Waals surface area contributed by atoms with Crippen LogP contribution in [0.1, 0.15) is 13.8 Å². The van der Waals surface area contributed by atoms with Crippen molar-refractivity contribution in [2.75, 3.05) is 31.4 Å². The van der Waals surface area contributed by atoms with Gasteiger partial charge in [-0.1, -0.05) is 6.92 Å². The van der Waals surface area contributed by atoms with Crippen molar-refractivity contribution in [2.45, 2.75) is 25.3 Å². The minimum absolute atomic E-state index is 0.141. The minimum Gasteiger partial charge on any atom is -0.469 e. The second-order valence-corrected chi connectivity index (χ2v) is 8.00. The normalized spacial score (nSPS) is 25.4. The van der Waals surface area contributed by atoms with Gasteiger partial charge in [0.05, 0.1) is 13.0 Å². The SMILES string of the molecule is COC(=O)C(C)C(C)N1CCSCC1S(C)(=O)=O. The number of hydrogen-bond acceptors (Lipinski definition) is 6. The highest BCUT2D eigenvalue weighted by Gasteiger charge is 2.37. The Hall–Kier alpha value is -0.270. The molecule has 5 nitrogen and oxygen atoms in total. The Morgan fingerprint density at radius 3 is 2.56 bits per heavy atom. The average molecular weight is 295 g/mol. The maximum atomic E-state index is 11.8. The van der Waals surface area contributed by atoms with Crippen LogP contribution in [0, 0.1) is 5.92 Å². The van der Waals surface area contributed by atoms with Gasteiger partial charge >= 0.3 is 5.97 Å². The van der Waals surface area contributed by atoms with Gasteiger partial charge in [0.1, 0.15) is 5.37 Å². The molecular weight excluding hydrogens is 274 g/mol. The number of rotatable bonds is 4. The molecule has 1 rings (SSSR count). The lowest BCUT2D eigenvalue weighted by molar-refractivity contribution is -0.147. The van der Waals surface area contributed by atoms with Gasteiger partial charge in [-0.3, -0.25) is 9.69 Å². The van der Waals surface area contributed by atoms with E-state index in [1.54, 1.807) is 18.7 Å². The highest BCUT2D eigenvalue weighted by molar-refractivity contribution is 8.00. The number of nitrogens with zero attached hydrogens (tertiary/aromatic N) is 1. The molecule has 18 heavy (non-hydrogen) atoms. The Labute approximate surface area is 113 Å². The fourth-order valence-corrected chi connectivity index (χ4v) is 5.07. The first-order valence-corrected chi connectivity index (χ1v) is 9.00. The van der Waals surface area contributed by atoms with Crippen LogP contribution in [0.15, 0.2) is 0 Å². The van der Waals surface area contributed by atoms with Gasteiger partial charge in [0.2, 0.25) is 0 Å². The number of methoxy groups -OCH3 is 1. The summed E-state index contributed by atoms with van der Waals surface area (Å²) in [5, 5.41) is -0.502. The van der Waals surface area contributed by atoms with Gasteiger partial charge in [0, 0.05) is 30.3 Å². The van der Waals surface area contributed by atoms with Crippen LogP contribution in [0.2, 0.25) is 0 Å². The predicted molar refractivity (Wildman–Crippen MR) is 73.3 cm³/mol. The van der Waals surface area contributed by atoms with Crippen molar-refractivity contribution in [1.29, 1.82) is 0 Å². The molecule has 3 atom stereocenters. The number of sulfone groups is 1. The third-order valence-electron chi connectivity index (χ3n) is 3.44. The minimum atomic E-state index is -3.13. The number of carbonyl (C=O) groups is 1. The summed E-state index contributed by atoms with van der Waals surface area (Å²) in [5.74, 6) is 0.830. The quantitative estimate of drug-likeness (QED) is 0.708. The number of thioether (sulfide) groups is 1. The van der Waals surface area contributed by atoms with E-state index in [0.717, 1.165) is 5.75 Å². The van der Waals surface area contributed by atoms with Gasteiger partial charge in [-0.2, -0.15) is 11.8 Å². The van der Waals surface area contributed by atoms with Gasteiger partial charge in [-0.05, 0) is 6.92 Å². The van der Waals surface area contributed by atoms with Crippen molar-refractivity contribution < 1.29 is 17.9 Å². The molecule has 1 fully saturated rings. The van der Waals surface area contributed by atoms with Crippen molar-refractivity contribution >= 4 is 27.6 Å². The Kier molecular flexibility index (Phi) is 5.48. The molecule has 0 aliphatic carbocycles. The number of carbonyl (C=O) groups excluding carboxylic acids is 1. The maximum absolute atomic E-state index is 11.8. The van der Waals surface area contributed by atoms with E-state index in [4.69, 9.17) is 4.74 Å². The van der Waals surface area contributed by atoms with E-state index in [-0.39, 0.29) is 17.9 Å². The Balaban J connectivity index is 2.87. The first-order valence-electron chi connectivity index (χ1n) is 5.89. The highest BCUT2D eigenvalue weighted by Crippen LogP contribution is 2.25. The Morgan fingerprint density at radius 2 is 2.06 bits per heavy atom. The molecule has 0 aromatic rings. The van der Waals surface area contributed by atoms with Crippen molar-refractivity contribution in [3.8, 4) is 0 Å². The summed E-state index contributed by atoms with van der Waals surface area (Å²) < 4.78 is 28.3. The molecule has 0 aromatic carbocycles. The van der Waals surface area contributed by atoms with Crippen molar-refractivity contribution in [1.82, 2.24) is 4.90 Å². The fourth-order valence-electron chi connectivity index (χ4n) is 2.10. The van der Waals surface area contributed by atoms with Crippen LogP contribution >= 0.6 is 11.8 Å². The molecule has 0 aromatic heterocycles. The summed E-state index contributed by atoms with van der Waals surface area (Å²) in [6, 6.07) is -0.141. The zero-order chi connectivity index (χ0) is 13.9. The zero-order valence-electron chi connectivity index (χ0n) is 11.3. The summed E-state index contributed by atoms with van der Waals surface area (Å²) in [7, 11) is -1.78. The first-order chi connectivity index (χ1) is 8.29. The second-order valence-electron chi connectivity index (χ2n) is 4.65. The van der Waals surface area contributed by atoms with Crippen LogP contribution in [0.3, 0.4) is 0 Å². The predicted octanol–water partition coefficient (Wildman–Crippen LogP) is 0.604. The summed E-state index contributed by atoms with van der Waals surface area (Å²) in [6.07, 6.45) is 1.26. The molecule has 1 aliphatic rings. The van der Waals surface area contributed by atoms with Gasteiger partial charge < -0.3 is 4.74 Å². The van der Waals surface area contributed by atoms with Crippen LogP contribution in [0.5, 0.6) is 0 Å². The Bertz CT molecular complexity index is 396.